The first-order valence-electron chi connectivity index (χ1n) is 15.3. The number of halogens is 4. The van der Waals surface area contributed by atoms with Gasteiger partial charge in [-0.1, -0.05) is 30.3 Å². The van der Waals surface area contributed by atoms with Gasteiger partial charge in [0.1, 0.15) is 0 Å². The topological polar surface area (TPSA) is 32.3 Å². The maximum atomic E-state index is 6.63. The zero-order valence-electron chi connectivity index (χ0n) is 27.3. The zero-order valence-corrected chi connectivity index (χ0v) is 33.7. The van der Waals surface area contributed by atoms with Crippen molar-refractivity contribution in [1.29, 1.82) is 0 Å². The Labute approximate surface area is 308 Å². The van der Waals surface area contributed by atoms with Crippen molar-refractivity contribution in [1.82, 2.24) is 9.97 Å². The summed E-state index contributed by atoms with van der Waals surface area (Å²) in [6.45, 7) is 14.8. The average molecular weight is 883 g/mol. The summed E-state index contributed by atoms with van der Waals surface area (Å²) in [5.41, 5.74) is 13.3. The fourth-order valence-electron chi connectivity index (χ4n) is 6.58. The number of benzene rings is 3. The van der Waals surface area contributed by atoms with Gasteiger partial charge in [-0.3, -0.25) is 9.97 Å². The molecule has 0 spiro atoms. The maximum absolute atomic E-state index is 6.63. The van der Waals surface area contributed by atoms with Crippen LogP contribution in [-0.2, 0) is 13.5 Å². The molecule has 0 N–H and O–H groups in total. The molecule has 1 fully saturated rings. The van der Waals surface area contributed by atoms with E-state index in [1.807, 2.05) is 54.9 Å². The van der Waals surface area contributed by atoms with Gasteiger partial charge < -0.3 is 0 Å². The fourth-order valence-corrected chi connectivity index (χ4v) is 10.7. The van der Waals surface area contributed by atoms with Crippen LogP contribution in [0.2, 0.25) is 0 Å². The molecule has 1 aliphatic heterocycles. The van der Waals surface area contributed by atoms with E-state index in [1.54, 1.807) is 0 Å². The van der Waals surface area contributed by atoms with E-state index in [4.69, 9.17) is 19.4 Å². The second-order valence-corrected chi connectivity index (χ2v) is 19.2. The number of pyridine rings is 2. The Morgan fingerprint density at radius 3 is 1.38 bits per heavy atom. The molecule has 3 heterocycles. The summed E-state index contributed by atoms with van der Waals surface area (Å²) in [5, 5.41) is 0. The standard InChI is InChI=1S/C21H26N2.C17H12Br2N2.2ClH.Ru/c1-14-9-16(3)20(17(4)10-14)22-7-8-23(13-22)21-18(5)11-15(2)12-19(21)6;18-13-8-4-10-20-16(13)15(12-6-2-1-3-7-12)17-14(19)9-5-11-21-17;;;/h9-12H,7-8H2,1-6H3;1-11,15H;2*1H;/q;;;;+2/p-2. The summed E-state index contributed by atoms with van der Waals surface area (Å²) in [6.07, 6.45) is 3.62. The van der Waals surface area contributed by atoms with E-state index in [0.29, 0.717) is 0 Å². The van der Waals surface area contributed by atoms with Crippen LogP contribution in [-0.4, -0.2) is 27.4 Å². The van der Waals surface area contributed by atoms with Gasteiger partial charge in [0.2, 0.25) is 0 Å². The zero-order chi connectivity index (χ0) is 33.8. The van der Waals surface area contributed by atoms with Crippen LogP contribution in [0.4, 0.5) is 11.4 Å². The normalized spacial score (nSPS) is 13.2. The molecule has 0 unspecified atom stereocenters. The van der Waals surface area contributed by atoms with Crippen molar-refractivity contribution in [2.75, 3.05) is 22.9 Å². The van der Waals surface area contributed by atoms with Crippen LogP contribution in [0.1, 0.15) is 56.2 Å². The van der Waals surface area contributed by atoms with E-state index in [2.05, 4.69) is 130 Å². The van der Waals surface area contributed by atoms with E-state index in [0.717, 1.165) is 43.3 Å². The molecule has 0 amide bonds. The molecule has 0 atom stereocenters. The number of aryl methyl sites for hydroxylation is 6. The minimum absolute atomic E-state index is 0.0163. The Hall–Kier alpha value is -2.41. The summed E-state index contributed by atoms with van der Waals surface area (Å²) >= 11 is 5.10. The molecule has 5 aromatic rings. The van der Waals surface area contributed by atoms with Crippen LogP contribution in [0.25, 0.3) is 0 Å². The van der Waals surface area contributed by atoms with Crippen molar-refractivity contribution in [3.05, 3.63) is 151 Å². The third-order valence-corrected chi connectivity index (χ3v) is 12.4. The van der Waals surface area contributed by atoms with Gasteiger partial charge in [-0.05, 0) is 61.7 Å². The summed E-state index contributed by atoms with van der Waals surface area (Å²) in [7, 11) is 13.3. The van der Waals surface area contributed by atoms with Gasteiger partial charge in [-0.25, -0.2) is 0 Å². The third-order valence-electron chi connectivity index (χ3n) is 8.16. The second kappa shape index (κ2) is 15.9. The van der Waals surface area contributed by atoms with Gasteiger partial charge in [0, 0.05) is 21.3 Å². The first-order chi connectivity index (χ1) is 22.5. The molecule has 1 saturated heterocycles. The summed E-state index contributed by atoms with van der Waals surface area (Å²) < 4.78 is 3.07. The van der Waals surface area contributed by atoms with Crippen molar-refractivity contribution >= 4 is 67.0 Å². The molecule has 9 heteroatoms. The molecule has 6 rings (SSSR count). The second-order valence-electron chi connectivity index (χ2n) is 11.8. The third kappa shape index (κ3) is 8.08. The summed E-state index contributed by atoms with van der Waals surface area (Å²) in [4.78, 5) is 13.9. The van der Waals surface area contributed by atoms with Gasteiger partial charge >= 0.3 is 171 Å². The van der Waals surface area contributed by atoms with Crippen LogP contribution < -0.4 is 9.80 Å². The van der Waals surface area contributed by atoms with E-state index < -0.39 is 13.5 Å². The van der Waals surface area contributed by atoms with Crippen LogP contribution in [0.5, 0.6) is 0 Å². The van der Waals surface area contributed by atoms with Crippen molar-refractivity contribution in [3.63, 3.8) is 0 Å². The first-order valence-corrected chi connectivity index (χ1v) is 22.2. The molecule has 0 saturated carbocycles. The van der Waals surface area contributed by atoms with Crippen LogP contribution >= 0.6 is 51.2 Å². The van der Waals surface area contributed by atoms with E-state index in [-0.39, 0.29) is 5.92 Å². The van der Waals surface area contributed by atoms with Gasteiger partial charge in [0.05, 0.1) is 17.3 Å². The molecule has 246 valence electrons. The van der Waals surface area contributed by atoms with Crippen molar-refractivity contribution < 1.29 is 13.5 Å². The molecule has 1 aliphatic rings. The SMILES string of the molecule is Brc1cccnc1C(c1ccccc1)c1ncccc1Br.Cc1cc(C)c(N2CCN(c3c(C)cc(C)cc3C)[C]2=[Ru]([Cl])[Cl])c(C)c1. The number of anilines is 2. The van der Waals surface area contributed by atoms with Crippen molar-refractivity contribution in [2.24, 2.45) is 0 Å². The molecule has 0 bridgehead atoms. The molecule has 0 radical (unpaired) electrons. The summed E-state index contributed by atoms with van der Waals surface area (Å²) in [6, 6.07) is 27.1. The fraction of sp³-hybridized carbons (Fsp3) is 0.237. The minimum atomic E-state index is -2.12. The number of aromatic nitrogens is 2. The molecule has 47 heavy (non-hydrogen) atoms. The van der Waals surface area contributed by atoms with Crippen LogP contribution in [0.3, 0.4) is 0 Å². The quantitative estimate of drug-likeness (QED) is 0.165. The molecular formula is C38H38Br2Cl2N4Ru. The monoisotopic (exact) mass is 880 g/mol. The molecule has 4 nitrogen and oxygen atoms in total. The van der Waals surface area contributed by atoms with Gasteiger partial charge in [-0.2, -0.15) is 0 Å². The predicted molar refractivity (Wildman–Crippen MR) is 204 cm³/mol. The van der Waals surface area contributed by atoms with E-state index >= 15 is 0 Å². The molecule has 2 aromatic heterocycles. The summed E-state index contributed by atoms with van der Waals surface area (Å²) in [5.74, 6) is -0.0163. The van der Waals surface area contributed by atoms with Gasteiger partial charge in [0.25, 0.3) is 0 Å². The predicted octanol–water partition coefficient (Wildman–Crippen LogP) is 11.1. The van der Waals surface area contributed by atoms with Gasteiger partial charge in [0.15, 0.2) is 0 Å². The van der Waals surface area contributed by atoms with Crippen molar-refractivity contribution in [2.45, 2.75) is 47.5 Å². The Balaban J connectivity index is 0.000000189. The molecule has 3 aromatic carbocycles. The Kier molecular flexibility index (Phi) is 12.1. The van der Waals surface area contributed by atoms with Crippen LogP contribution in [0.15, 0.2) is 100 Å². The first kappa shape index (κ1) is 35.9. The van der Waals surface area contributed by atoms with Crippen LogP contribution in [0, 0.1) is 41.5 Å². The van der Waals surface area contributed by atoms with Gasteiger partial charge in [-0.15, -0.1) is 0 Å². The Morgan fingerprint density at radius 1 is 0.617 bits per heavy atom. The number of rotatable bonds is 5. The number of hydrogen-bond acceptors (Lipinski definition) is 4. The Morgan fingerprint density at radius 2 is 1.02 bits per heavy atom. The number of hydrogen-bond donors (Lipinski definition) is 0. The number of nitrogens with zero attached hydrogens (tertiary/aromatic N) is 4. The van der Waals surface area contributed by atoms with E-state index in [9.17, 15) is 0 Å². The van der Waals surface area contributed by atoms with Crippen molar-refractivity contribution in [3.8, 4) is 0 Å². The Bertz CT molecular complexity index is 1770. The molecular weight excluding hydrogens is 844 g/mol. The van der Waals surface area contributed by atoms with E-state index in [1.165, 1.54) is 44.8 Å². The average Bonchev–Trinajstić information content (AvgIpc) is 3.43. The molecule has 0 aliphatic carbocycles.